The van der Waals surface area contributed by atoms with Gasteiger partial charge in [-0.05, 0) is 65.0 Å². The van der Waals surface area contributed by atoms with Crippen molar-refractivity contribution >= 4 is 58.2 Å². The van der Waals surface area contributed by atoms with Crippen molar-refractivity contribution in [2.24, 2.45) is 4.99 Å². The minimum atomic E-state index is -4.54. The van der Waals surface area contributed by atoms with Crippen LogP contribution >= 0.6 is 15.2 Å². The van der Waals surface area contributed by atoms with Crippen LogP contribution in [0.4, 0.5) is 11.4 Å². The first kappa shape index (κ1) is 48.0. The lowest BCUT2D eigenvalue weighted by atomic mass is 9.78. The summed E-state index contributed by atoms with van der Waals surface area (Å²) in [7, 11) is -15.9. The molecular formula is C36H57N2O12P2S2-. The summed E-state index contributed by atoms with van der Waals surface area (Å²) in [6.45, 7) is 12.5. The summed E-state index contributed by atoms with van der Waals surface area (Å²) < 4.78 is 107. The van der Waals surface area contributed by atoms with E-state index in [1.54, 1.807) is 0 Å². The van der Waals surface area contributed by atoms with Crippen LogP contribution in [0.25, 0.3) is 0 Å². The molecule has 0 fully saturated rings. The highest BCUT2D eigenvalue weighted by atomic mass is 32.2. The molecule has 18 heteroatoms. The molecule has 0 spiro atoms. The maximum Gasteiger partial charge on any atom is 0.330 e. The van der Waals surface area contributed by atoms with Gasteiger partial charge in [0, 0.05) is 41.9 Å². The smallest absolute Gasteiger partial charge is 0.330 e. The Labute approximate surface area is 322 Å². The van der Waals surface area contributed by atoms with Crippen LogP contribution in [0.2, 0.25) is 0 Å². The van der Waals surface area contributed by atoms with Gasteiger partial charge in [-0.15, -0.1) is 0 Å². The highest BCUT2D eigenvalue weighted by molar-refractivity contribution is 7.85. The minimum Gasteiger partial charge on any atom is -0.748 e. The van der Waals surface area contributed by atoms with Crippen molar-refractivity contribution < 1.29 is 58.1 Å². The number of benzene rings is 2. The molecule has 3 atom stereocenters. The lowest BCUT2D eigenvalue weighted by molar-refractivity contribution is -0.439. The molecule has 0 amide bonds. The zero-order valence-electron chi connectivity index (χ0n) is 31.4. The number of nitrogens with zero attached hydrogens (tertiary/aromatic N) is 2. The van der Waals surface area contributed by atoms with Gasteiger partial charge in [-0.25, -0.2) is 16.8 Å². The Morgan fingerprint density at radius 3 is 1.93 bits per heavy atom. The van der Waals surface area contributed by atoms with E-state index in [4.69, 9.17) is 13.6 Å². The van der Waals surface area contributed by atoms with Crippen LogP contribution in [-0.4, -0.2) is 97.0 Å². The minimum absolute atomic E-state index is 0. The quantitative estimate of drug-likeness (QED) is 0.0604. The molecule has 2 aromatic rings. The van der Waals surface area contributed by atoms with Crippen LogP contribution in [-0.2, 0) is 53.8 Å². The fraction of sp³-hybridized carbons (Fsp3) is 0.611. The van der Waals surface area contributed by atoms with Crippen molar-refractivity contribution in [2.75, 3.05) is 50.2 Å². The second-order valence-electron chi connectivity index (χ2n) is 13.6. The molecule has 0 aliphatic carbocycles. The Kier molecular flexibility index (Phi) is 17.7. The molecule has 0 bridgehead atoms. The molecule has 14 nitrogen and oxygen atoms in total. The van der Waals surface area contributed by atoms with Crippen molar-refractivity contribution in [1.82, 2.24) is 0 Å². The third-order valence-electron chi connectivity index (χ3n) is 9.91. The Morgan fingerprint density at radius 1 is 0.778 bits per heavy atom. The average Bonchev–Trinajstić information content (AvgIpc) is 3.44. The van der Waals surface area contributed by atoms with Crippen LogP contribution < -0.4 is 0 Å². The number of hydrogen-bond acceptors (Lipinski definition) is 12. The number of rotatable bonds is 20. The zero-order chi connectivity index (χ0) is 39.7. The van der Waals surface area contributed by atoms with Crippen molar-refractivity contribution in [3.8, 4) is 0 Å². The first-order valence-corrected chi connectivity index (χ1v) is 24.3. The molecule has 1 N–H and O–H groups in total. The third kappa shape index (κ3) is 13.2. The molecule has 0 saturated heterocycles. The summed E-state index contributed by atoms with van der Waals surface area (Å²) in [5, 5.41) is 0. The van der Waals surface area contributed by atoms with E-state index in [0.29, 0.717) is 51.6 Å². The van der Waals surface area contributed by atoms with Gasteiger partial charge in [-0.2, -0.15) is 4.58 Å². The Hall–Kier alpha value is -2.10. The summed E-state index contributed by atoms with van der Waals surface area (Å²) in [6.07, 6.45) is 2.70. The van der Waals surface area contributed by atoms with E-state index >= 15 is 0 Å². The molecule has 4 rings (SSSR count). The maximum absolute atomic E-state index is 12.6. The summed E-state index contributed by atoms with van der Waals surface area (Å²) in [5.41, 5.74) is 5.39. The first-order valence-electron chi connectivity index (χ1n) is 17.7. The number of para-hydroxylation sites is 2. The maximum atomic E-state index is 12.6. The zero-order valence-corrected chi connectivity index (χ0v) is 34.8. The first-order chi connectivity index (χ1) is 24.6. The standard InChI is InChI=1S/C19H30NO9PS2.C16H24NO3P.CH4/c1-16-19(2,10-13-30(21,22)29-12-15-32(26,27)28)17-8-4-5-9-18(17)20(16)11-6-3-7-14-31(23,24)25;1-5-19-21(18,20-6-2)12-11-16(4)13(3)17-15-10-8-7-9-14(15)16;/h4-5,8-9H,3,6-7,10-15H2,1-2H3,(H2-,21,22,23,24,25,26,27,28);7-10H,5-6,11-12H2,1-4H3;1H4/p-1. The van der Waals surface area contributed by atoms with Gasteiger partial charge in [0.25, 0.3) is 0 Å². The van der Waals surface area contributed by atoms with Gasteiger partial charge in [0.15, 0.2) is 5.71 Å². The lowest BCUT2D eigenvalue weighted by Gasteiger charge is -2.28. The van der Waals surface area contributed by atoms with Gasteiger partial charge in [0.05, 0.1) is 69.2 Å². The Morgan fingerprint density at radius 2 is 1.33 bits per heavy atom. The SMILES string of the molecule is C.CC1=[N+](CCCCCS(=O)(=O)[O-])c2ccccc2C1(C)CCP(=O)(O)OCCS(=O)(=O)[O-].CCOP(=O)(CCC1(C)C(C)=Nc2ccccc21)OCC. The van der Waals surface area contributed by atoms with Crippen molar-refractivity contribution in [2.45, 2.75) is 91.9 Å². The van der Waals surface area contributed by atoms with Gasteiger partial charge in [-0.1, -0.05) is 50.7 Å². The summed E-state index contributed by atoms with van der Waals surface area (Å²) in [4.78, 5) is 14.7. The second-order valence-corrected chi connectivity index (χ2v) is 20.8. The molecule has 0 aromatic heterocycles. The van der Waals surface area contributed by atoms with Crippen LogP contribution in [0.5, 0.6) is 0 Å². The molecule has 2 aromatic carbocycles. The molecule has 2 aliphatic heterocycles. The number of unbranched alkanes of at least 4 members (excludes halogenated alkanes) is 2. The van der Waals surface area contributed by atoms with Gasteiger partial charge in [-0.3, -0.25) is 14.1 Å². The monoisotopic (exact) mass is 835 g/mol. The van der Waals surface area contributed by atoms with Crippen LogP contribution in [0.1, 0.15) is 92.2 Å². The van der Waals surface area contributed by atoms with E-state index in [1.165, 1.54) is 5.56 Å². The van der Waals surface area contributed by atoms with Crippen LogP contribution in [0, 0.1) is 0 Å². The fourth-order valence-electron chi connectivity index (χ4n) is 6.66. The average molecular weight is 836 g/mol. The predicted octanol–water partition coefficient (Wildman–Crippen LogP) is 7.26. The number of fused-ring (bicyclic) bond motifs is 2. The Bertz CT molecular complexity index is 1960. The fourth-order valence-corrected chi connectivity index (χ4v) is 10.7. The van der Waals surface area contributed by atoms with Gasteiger partial charge in [0.1, 0.15) is 6.54 Å². The van der Waals surface area contributed by atoms with Crippen molar-refractivity contribution in [1.29, 1.82) is 0 Å². The van der Waals surface area contributed by atoms with Gasteiger partial charge >= 0.3 is 15.2 Å². The molecule has 2 heterocycles. The molecule has 3 unspecified atom stereocenters. The van der Waals surface area contributed by atoms with E-state index in [0.717, 1.165) is 28.4 Å². The number of hydrogen-bond donors (Lipinski definition) is 1. The molecule has 306 valence electrons. The van der Waals surface area contributed by atoms with E-state index < -0.39 is 53.2 Å². The molecule has 0 radical (unpaired) electrons. The van der Waals surface area contributed by atoms with Gasteiger partial charge in [0.2, 0.25) is 5.69 Å². The van der Waals surface area contributed by atoms with Gasteiger partial charge < -0.3 is 27.6 Å². The highest BCUT2D eigenvalue weighted by Crippen LogP contribution is 2.53. The van der Waals surface area contributed by atoms with Crippen molar-refractivity contribution in [3.05, 3.63) is 59.7 Å². The van der Waals surface area contributed by atoms with E-state index in [1.807, 2.05) is 77.1 Å². The van der Waals surface area contributed by atoms with Crippen LogP contribution in [0.15, 0.2) is 53.5 Å². The summed E-state index contributed by atoms with van der Waals surface area (Å²) >= 11 is 0. The molecule has 54 heavy (non-hydrogen) atoms. The van der Waals surface area contributed by atoms with E-state index in [2.05, 4.69) is 22.6 Å². The number of aliphatic imine (C=N–C) groups is 1. The normalized spacial score (nSPS) is 20.6. The Balaban J connectivity index is 0.000000397. The highest BCUT2D eigenvalue weighted by Gasteiger charge is 2.47. The van der Waals surface area contributed by atoms with E-state index in [9.17, 15) is 40.0 Å². The predicted molar refractivity (Wildman–Crippen MR) is 211 cm³/mol. The van der Waals surface area contributed by atoms with Crippen molar-refractivity contribution in [3.63, 3.8) is 0 Å². The summed E-state index contributed by atoms with van der Waals surface area (Å²) in [5.74, 6) is -1.26. The largest absolute Gasteiger partial charge is 0.748 e. The molecule has 2 aliphatic rings. The topological polar surface area (TPSA) is 212 Å². The summed E-state index contributed by atoms with van der Waals surface area (Å²) in [6, 6.07) is 15.8. The van der Waals surface area contributed by atoms with Crippen LogP contribution in [0.3, 0.4) is 0 Å². The molecule has 0 saturated carbocycles. The molecular weight excluding hydrogens is 778 g/mol. The third-order valence-corrected chi connectivity index (χ3v) is 14.8. The van der Waals surface area contributed by atoms with E-state index in [-0.39, 0.29) is 31.2 Å². The lowest BCUT2D eigenvalue weighted by Crippen LogP contribution is -2.31. The second kappa shape index (κ2) is 19.9.